The summed E-state index contributed by atoms with van der Waals surface area (Å²) < 4.78 is 16.3. The van der Waals surface area contributed by atoms with Crippen LogP contribution in [-0.2, 0) is 0 Å². The number of methoxy groups -OCH3 is 1. The number of aromatic hydroxyl groups is 1. The molecule has 0 saturated carbocycles. The molecule has 0 saturated heterocycles. The van der Waals surface area contributed by atoms with E-state index < -0.39 is 0 Å². The zero-order valence-electron chi connectivity index (χ0n) is 12.6. The molecule has 0 amide bonds. The molecule has 2 heterocycles. The number of aromatic nitrogens is 1. The van der Waals surface area contributed by atoms with Crippen molar-refractivity contribution in [3.63, 3.8) is 0 Å². The summed E-state index contributed by atoms with van der Waals surface area (Å²) in [4.78, 5) is 17.2. The quantitative estimate of drug-likeness (QED) is 0.581. The molecular weight excluding hydrogens is 310 g/mol. The molecule has 1 N–H and O–H groups in total. The first-order chi connectivity index (χ1) is 11.7. The van der Waals surface area contributed by atoms with E-state index in [-0.39, 0.29) is 35.3 Å². The van der Waals surface area contributed by atoms with Crippen molar-refractivity contribution in [3.05, 3.63) is 41.7 Å². The Morgan fingerprint density at radius 3 is 2.92 bits per heavy atom. The van der Waals surface area contributed by atoms with Crippen molar-refractivity contribution in [1.82, 2.24) is 4.98 Å². The fraction of sp³-hybridized carbons (Fsp3) is 0.111. The third-order valence-corrected chi connectivity index (χ3v) is 4.46. The number of rotatable bonds is 1. The highest BCUT2D eigenvalue weighted by Crippen LogP contribution is 2.52. The van der Waals surface area contributed by atoms with Crippen LogP contribution in [0.15, 0.2) is 30.5 Å². The van der Waals surface area contributed by atoms with Crippen molar-refractivity contribution in [2.24, 2.45) is 0 Å². The number of carbonyl (C=O) groups is 1. The minimum atomic E-state index is -0.335. The van der Waals surface area contributed by atoms with Crippen LogP contribution in [0.1, 0.15) is 16.1 Å². The summed E-state index contributed by atoms with van der Waals surface area (Å²) in [6.07, 6.45) is 1.57. The Hall–Kier alpha value is -3.28. The molecule has 118 valence electrons. The number of phenolic OH excluding ortho intramolecular Hbond substituents is 1. The topological polar surface area (TPSA) is 77.9 Å². The fourth-order valence-corrected chi connectivity index (χ4v) is 3.43. The number of pyridine rings is 1. The average Bonchev–Trinajstić information content (AvgIpc) is 3.06. The van der Waals surface area contributed by atoms with Crippen LogP contribution in [0.2, 0.25) is 0 Å². The lowest BCUT2D eigenvalue weighted by molar-refractivity contribution is 0.103. The monoisotopic (exact) mass is 321 g/mol. The molecule has 5 rings (SSSR count). The van der Waals surface area contributed by atoms with Crippen LogP contribution >= 0.6 is 0 Å². The summed E-state index contributed by atoms with van der Waals surface area (Å²) in [5.41, 5.74) is 1.77. The molecule has 6 nitrogen and oxygen atoms in total. The van der Waals surface area contributed by atoms with Gasteiger partial charge < -0.3 is 19.3 Å². The SMILES string of the molecule is COc1ccc2c(c1O)C(=O)c1nccc3cc4c(c-2c13)OCO4. The van der Waals surface area contributed by atoms with Gasteiger partial charge in [-0.05, 0) is 29.7 Å². The standard InChI is InChI=1S/C18H11NO5/c1-22-10-3-2-9-13-12-8(6-11-18(13)24-7-23-11)4-5-19-15(12)17(21)14(9)16(10)20/h2-6,20H,7H2,1H3. The largest absolute Gasteiger partial charge is 0.504 e. The van der Waals surface area contributed by atoms with E-state index in [0.29, 0.717) is 22.4 Å². The maximum Gasteiger partial charge on any atom is 0.231 e. The number of hydrogen-bond donors (Lipinski definition) is 1. The van der Waals surface area contributed by atoms with Crippen LogP contribution in [0.25, 0.3) is 21.9 Å². The molecule has 0 bridgehead atoms. The molecule has 3 aromatic rings. The predicted molar refractivity (Wildman–Crippen MR) is 85.0 cm³/mol. The third-order valence-electron chi connectivity index (χ3n) is 4.46. The molecule has 0 spiro atoms. The zero-order valence-corrected chi connectivity index (χ0v) is 12.6. The summed E-state index contributed by atoms with van der Waals surface area (Å²) >= 11 is 0. The molecular formula is C18H11NO5. The van der Waals surface area contributed by atoms with Crippen molar-refractivity contribution in [3.8, 4) is 34.1 Å². The second-order valence-electron chi connectivity index (χ2n) is 5.61. The minimum Gasteiger partial charge on any atom is -0.504 e. The lowest BCUT2D eigenvalue weighted by Crippen LogP contribution is -2.13. The van der Waals surface area contributed by atoms with Gasteiger partial charge in [0.1, 0.15) is 5.69 Å². The average molecular weight is 321 g/mol. The molecule has 1 aliphatic heterocycles. The van der Waals surface area contributed by atoms with E-state index in [4.69, 9.17) is 14.2 Å². The Balaban J connectivity index is 2.00. The first-order valence-corrected chi connectivity index (χ1v) is 7.37. The number of ketones is 1. The number of hydrogen-bond acceptors (Lipinski definition) is 6. The van der Waals surface area contributed by atoms with Crippen LogP contribution in [0.4, 0.5) is 0 Å². The van der Waals surface area contributed by atoms with Gasteiger partial charge in [-0.1, -0.05) is 0 Å². The van der Waals surface area contributed by atoms with E-state index in [1.165, 1.54) is 7.11 Å². The molecule has 6 heteroatoms. The number of fused-ring (bicyclic) bond motifs is 4. The van der Waals surface area contributed by atoms with Gasteiger partial charge in [0.05, 0.1) is 12.7 Å². The second-order valence-corrected chi connectivity index (χ2v) is 5.61. The van der Waals surface area contributed by atoms with E-state index in [2.05, 4.69) is 4.98 Å². The first kappa shape index (κ1) is 13.2. The summed E-state index contributed by atoms with van der Waals surface area (Å²) in [5, 5.41) is 12.0. The Bertz CT molecular complexity index is 1060. The van der Waals surface area contributed by atoms with Gasteiger partial charge in [-0.2, -0.15) is 0 Å². The van der Waals surface area contributed by atoms with Crippen LogP contribution < -0.4 is 14.2 Å². The molecule has 0 fully saturated rings. The lowest BCUT2D eigenvalue weighted by Gasteiger charge is -2.22. The zero-order chi connectivity index (χ0) is 16.4. The van der Waals surface area contributed by atoms with Crippen molar-refractivity contribution in [2.45, 2.75) is 0 Å². The highest BCUT2D eigenvalue weighted by atomic mass is 16.7. The normalized spacial score (nSPS) is 14.0. The van der Waals surface area contributed by atoms with E-state index >= 15 is 0 Å². The molecule has 0 atom stereocenters. The highest BCUT2D eigenvalue weighted by Gasteiger charge is 2.35. The van der Waals surface area contributed by atoms with Gasteiger partial charge >= 0.3 is 0 Å². The Kier molecular flexibility index (Phi) is 2.41. The van der Waals surface area contributed by atoms with Gasteiger partial charge in [-0.15, -0.1) is 0 Å². The molecule has 1 aromatic heterocycles. The van der Waals surface area contributed by atoms with E-state index in [1.807, 2.05) is 12.1 Å². The Morgan fingerprint density at radius 2 is 2.08 bits per heavy atom. The molecule has 2 aromatic carbocycles. The molecule has 2 aliphatic rings. The number of phenols is 1. The summed E-state index contributed by atoms with van der Waals surface area (Å²) in [6, 6.07) is 7.04. The Labute approximate surface area is 136 Å². The highest BCUT2D eigenvalue weighted by molar-refractivity contribution is 6.27. The van der Waals surface area contributed by atoms with Crippen molar-refractivity contribution >= 4 is 16.6 Å². The molecule has 0 unspecified atom stereocenters. The van der Waals surface area contributed by atoms with Crippen LogP contribution in [0.5, 0.6) is 23.0 Å². The summed E-state index contributed by atoms with van der Waals surface area (Å²) in [6.45, 7) is 0.118. The van der Waals surface area contributed by atoms with E-state index in [1.54, 1.807) is 18.3 Å². The maximum atomic E-state index is 12.9. The maximum absolute atomic E-state index is 12.9. The van der Waals surface area contributed by atoms with E-state index in [9.17, 15) is 9.90 Å². The van der Waals surface area contributed by atoms with Crippen molar-refractivity contribution in [2.75, 3.05) is 13.9 Å². The van der Waals surface area contributed by atoms with Crippen molar-refractivity contribution < 1.29 is 24.1 Å². The second kappa shape index (κ2) is 4.38. The van der Waals surface area contributed by atoms with E-state index in [0.717, 1.165) is 10.9 Å². The van der Waals surface area contributed by atoms with Gasteiger partial charge in [-0.3, -0.25) is 9.78 Å². The van der Waals surface area contributed by atoms with Gasteiger partial charge in [0, 0.05) is 22.7 Å². The van der Waals surface area contributed by atoms with Gasteiger partial charge in [0.2, 0.25) is 12.6 Å². The molecule has 0 radical (unpaired) electrons. The third kappa shape index (κ3) is 1.45. The summed E-state index contributed by atoms with van der Waals surface area (Å²) in [7, 11) is 1.44. The number of ether oxygens (including phenoxy) is 3. The van der Waals surface area contributed by atoms with Crippen LogP contribution in [0.3, 0.4) is 0 Å². The smallest absolute Gasteiger partial charge is 0.231 e. The van der Waals surface area contributed by atoms with Crippen LogP contribution in [-0.4, -0.2) is 29.8 Å². The van der Waals surface area contributed by atoms with Gasteiger partial charge in [-0.25, -0.2) is 0 Å². The van der Waals surface area contributed by atoms with Gasteiger partial charge in [0.25, 0.3) is 0 Å². The van der Waals surface area contributed by atoms with Gasteiger partial charge in [0.15, 0.2) is 23.0 Å². The first-order valence-electron chi connectivity index (χ1n) is 7.37. The number of carbonyl (C=O) groups excluding carboxylic acids is 1. The van der Waals surface area contributed by atoms with Crippen LogP contribution in [0, 0.1) is 0 Å². The van der Waals surface area contributed by atoms with Crippen molar-refractivity contribution in [1.29, 1.82) is 0 Å². The number of benzene rings is 2. The minimum absolute atomic E-state index is 0.118. The predicted octanol–water partition coefficient (Wildman–Crippen LogP) is 2.89. The summed E-state index contributed by atoms with van der Waals surface area (Å²) in [5.74, 6) is 0.891. The fourth-order valence-electron chi connectivity index (χ4n) is 3.43. The Morgan fingerprint density at radius 1 is 1.21 bits per heavy atom. The molecule has 1 aliphatic carbocycles. The lowest BCUT2D eigenvalue weighted by atomic mass is 9.84. The molecule has 24 heavy (non-hydrogen) atoms. The number of nitrogens with zero attached hydrogens (tertiary/aromatic N) is 1.